The van der Waals surface area contributed by atoms with Crippen LogP contribution in [0.15, 0.2) is 35.8 Å². The van der Waals surface area contributed by atoms with Crippen LogP contribution in [0.2, 0.25) is 0 Å². The fourth-order valence-corrected chi connectivity index (χ4v) is 4.26. The number of carbonyl (C=O) groups excluding carboxylic acids is 1. The first-order valence-electron chi connectivity index (χ1n) is 9.65. The number of rotatable bonds is 2. The number of nitrogen functional groups attached to an aromatic ring is 1. The van der Waals surface area contributed by atoms with Gasteiger partial charge in [-0.15, -0.1) is 0 Å². The molecule has 1 aliphatic carbocycles. The number of nitrogens with one attached hydrogen (secondary N) is 1. The van der Waals surface area contributed by atoms with Gasteiger partial charge in [-0.2, -0.15) is 9.97 Å². The number of nitrogens with two attached hydrogens (primary N) is 1. The van der Waals surface area contributed by atoms with Gasteiger partial charge in [0.25, 0.3) is 0 Å². The monoisotopic (exact) mass is 378 g/mol. The number of anilines is 3. The van der Waals surface area contributed by atoms with Gasteiger partial charge >= 0.3 is 0 Å². The lowest BCUT2D eigenvalue weighted by Gasteiger charge is -2.35. The van der Waals surface area contributed by atoms with Crippen LogP contribution in [0.25, 0.3) is 0 Å². The minimum absolute atomic E-state index is 0.165. The Labute approximate surface area is 162 Å². The molecule has 2 aliphatic heterocycles. The second-order valence-corrected chi connectivity index (χ2v) is 7.28. The maximum absolute atomic E-state index is 12.8. The molecule has 1 saturated heterocycles. The number of carbonyl (C=O) groups is 1. The van der Waals surface area contributed by atoms with Gasteiger partial charge < -0.3 is 20.7 Å². The van der Waals surface area contributed by atoms with Gasteiger partial charge in [0, 0.05) is 54.7 Å². The van der Waals surface area contributed by atoms with Crippen LogP contribution in [0.1, 0.15) is 36.3 Å². The number of aromatic nitrogens is 3. The zero-order chi connectivity index (χ0) is 19.1. The van der Waals surface area contributed by atoms with Crippen LogP contribution < -0.4 is 16.0 Å². The molecule has 0 aromatic carbocycles. The third-order valence-corrected chi connectivity index (χ3v) is 5.60. The van der Waals surface area contributed by atoms with Crippen LogP contribution in [0, 0.1) is 0 Å². The average molecular weight is 378 g/mol. The van der Waals surface area contributed by atoms with Crippen LogP contribution in [0.3, 0.4) is 0 Å². The maximum Gasteiger partial charge on any atom is 0.229 e. The highest BCUT2D eigenvalue weighted by Crippen LogP contribution is 2.46. The number of hydrogen-bond acceptors (Lipinski definition) is 8. The number of ether oxygens (including phenoxy) is 1. The van der Waals surface area contributed by atoms with Gasteiger partial charge in [0.2, 0.25) is 5.95 Å². The highest BCUT2D eigenvalue weighted by molar-refractivity contribution is 6.01. The molecule has 0 bridgehead atoms. The van der Waals surface area contributed by atoms with E-state index in [0.29, 0.717) is 37.2 Å². The van der Waals surface area contributed by atoms with Crippen LogP contribution >= 0.6 is 0 Å². The van der Waals surface area contributed by atoms with Gasteiger partial charge in [-0.1, -0.05) is 0 Å². The van der Waals surface area contributed by atoms with Crippen molar-refractivity contribution >= 4 is 23.4 Å². The molecule has 3 aliphatic rings. The zero-order valence-corrected chi connectivity index (χ0v) is 15.5. The van der Waals surface area contributed by atoms with E-state index in [9.17, 15) is 4.79 Å². The highest BCUT2D eigenvalue weighted by atomic mass is 16.5. The topological polar surface area (TPSA) is 106 Å². The number of hydrogen-bond donors (Lipinski definition) is 2. The molecule has 0 radical (unpaired) electrons. The van der Waals surface area contributed by atoms with Crippen molar-refractivity contribution in [2.45, 2.75) is 25.2 Å². The van der Waals surface area contributed by atoms with Crippen molar-refractivity contribution in [3.05, 3.63) is 46.9 Å². The quantitative estimate of drug-likeness (QED) is 0.816. The summed E-state index contributed by atoms with van der Waals surface area (Å²) >= 11 is 0. The first-order valence-corrected chi connectivity index (χ1v) is 9.65. The third kappa shape index (κ3) is 2.80. The number of allylic oxidation sites excluding steroid dienone is 2. The van der Waals surface area contributed by atoms with E-state index < -0.39 is 0 Å². The molecule has 8 heteroatoms. The molecule has 144 valence electrons. The molecule has 4 heterocycles. The zero-order valence-electron chi connectivity index (χ0n) is 15.5. The van der Waals surface area contributed by atoms with E-state index in [-0.39, 0.29) is 11.7 Å². The lowest BCUT2D eigenvalue weighted by Crippen LogP contribution is -2.38. The molecule has 5 rings (SSSR count). The third-order valence-electron chi connectivity index (χ3n) is 5.60. The van der Waals surface area contributed by atoms with Crippen molar-refractivity contribution in [3.8, 4) is 0 Å². The molecule has 2 aromatic heterocycles. The highest BCUT2D eigenvalue weighted by Gasteiger charge is 2.38. The van der Waals surface area contributed by atoms with Gasteiger partial charge in [-0.25, -0.2) is 0 Å². The van der Waals surface area contributed by atoms with Crippen LogP contribution in [-0.2, 0) is 9.53 Å². The summed E-state index contributed by atoms with van der Waals surface area (Å²) in [7, 11) is 0. The minimum atomic E-state index is -0.263. The van der Waals surface area contributed by atoms with Gasteiger partial charge in [0.15, 0.2) is 5.78 Å². The second kappa shape index (κ2) is 6.87. The van der Waals surface area contributed by atoms with E-state index in [0.717, 1.165) is 48.3 Å². The Morgan fingerprint density at radius 1 is 1.14 bits per heavy atom. The fraction of sp³-hybridized carbons (Fsp3) is 0.400. The first kappa shape index (κ1) is 17.1. The van der Waals surface area contributed by atoms with E-state index in [1.807, 2.05) is 12.1 Å². The summed E-state index contributed by atoms with van der Waals surface area (Å²) in [6.45, 7) is 2.77. The summed E-state index contributed by atoms with van der Waals surface area (Å²) in [5, 5.41) is 3.40. The normalized spacial score (nSPS) is 21.8. The molecular weight excluding hydrogens is 356 g/mol. The van der Waals surface area contributed by atoms with Crippen molar-refractivity contribution in [2.24, 2.45) is 0 Å². The average Bonchev–Trinajstić information content (AvgIpc) is 2.73. The van der Waals surface area contributed by atoms with E-state index in [4.69, 9.17) is 15.5 Å². The van der Waals surface area contributed by atoms with Crippen LogP contribution in [0.4, 0.5) is 17.6 Å². The first-order chi connectivity index (χ1) is 13.7. The van der Waals surface area contributed by atoms with Crippen molar-refractivity contribution in [2.75, 3.05) is 42.3 Å². The summed E-state index contributed by atoms with van der Waals surface area (Å²) in [5.74, 6) is 1.61. The molecule has 8 nitrogen and oxygen atoms in total. The van der Waals surface area contributed by atoms with Crippen molar-refractivity contribution in [1.29, 1.82) is 0 Å². The lowest BCUT2D eigenvalue weighted by atomic mass is 9.76. The number of nitrogens with zero attached hydrogens (tertiary/aromatic N) is 4. The number of ketones is 1. The van der Waals surface area contributed by atoms with E-state index in [2.05, 4.69) is 20.2 Å². The maximum atomic E-state index is 12.8. The van der Waals surface area contributed by atoms with Gasteiger partial charge in [0.1, 0.15) is 11.6 Å². The summed E-state index contributed by atoms with van der Waals surface area (Å²) in [6, 6.07) is 3.86. The smallest absolute Gasteiger partial charge is 0.229 e. The number of fused-ring (bicyclic) bond motifs is 1. The fourth-order valence-electron chi connectivity index (χ4n) is 4.26. The molecule has 3 N–H and O–H groups in total. The Kier molecular flexibility index (Phi) is 4.20. The molecule has 1 atom stereocenters. The number of pyridine rings is 1. The summed E-state index contributed by atoms with van der Waals surface area (Å²) in [4.78, 5) is 28.4. The molecule has 0 saturated carbocycles. The predicted molar refractivity (Wildman–Crippen MR) is 105 cm³/mol. The molecular formula is C20H22N6O2. The second-order valence-electron chi connectivity index (χ2n) is 7.28. The molecule has 0 amide bonds. The number of morpholine rings is 1. The van der Waals surface area contributed by atoms with E-state index in [1.165, 1.54) is 0 Å². The van der Waals surface area contributed by atoms with Crippen molar-refractivity contribution in [3.63, 3.8) is 0 Å². The summed E-state index contributed by atoms with van der Waals surface area (Å²) in [6.07, 6.45) is 5.72. The Bertz CT molecular complexity index is 953. The van der Waals surface area contributed by atoms with Crippen LogP contribution in [0.5, 0.6) is 0 Å². The van der Waals surface area contributed by atoms with E-state index >= 15 is 0 Å². The van der Waals surface area contributed by atoms with Gasteiger partial charge in [-0.05, 0) is 30.5 Å². The van der Waals surface area contributed by atoms with Crippen LogP contribution in [-0.4, -0.2) is 47.0 Å². The molecule has 28 heavy (non-hydrogen) atoms. The minimum Gasteiger partial charge on any atom is -0.383 e. The lowest BCUT2D eigenvalue weighted by molar-refractivity contribution is -0.116. The molecule has 2 aromatic rings. The summed E-state index contributed by atoms with van der Waals surface area (Å²) < 4.78 is 5.43. The Balaban J connectivity index is 1.66. The standard InChI is InChI=1S/C20H22N6O2/c21-18-17-15(12-4-6-22-7-5-12)16-13(2-1-3-14(16)27)23-19(17)25-20(24-18)26-8-10-28-11-9-26/h4-7,15H,1-3,8-11H2,(H3,21,23,24,25)/t15-/m1/s1. The van der Waals surface area contributed by atoms with Crippen molar-refractivity contribution < 1.29 is 9.53 Å². The largest absolute Gasteiger partial charge is 0.383 e. The summed E-state index contributed by atoms with van der Waals surface area (Å²) in [5.41, 5.74) is 9.95. The molecule has 0 unspecified atom stereocenters. The Morgan fingerprint density at radius 3 is 2.71 bits per heavy atom. The van der Waals surface area contributed by atoms with Gasteiger partial charge in [0.05, 0.1) is 13.2 Å². The molecule has 0 spiro atoms. The molecule has 1 fully saturated rings. The Morgan fingerprint density at radius 2 is 1.93 bits per heavy atom. The Hall–Kier alpha value is -3.00. The van der Waals surface area contributed by atoms with Crippen molar-refractivity contribution in [1.82, 2.24) is 15.0 Å². The SMILES string of the molecule is Nc1nc(N2CCOCC2)nc2c1[C@H](c1ccncc1)C1=C(CCCC1=O)N2. The van der Waals surface area contributed by atoms with E-state index in [1.54, 1.807) is 12.4 Å². The number of Topliss-reactive ketones (excluding diaryl/α,β-unsaturated/α-hetero) is 1. The predicted octanol–water partition coefficient (Wildman–Crippen LogP) is 1.85. The van der Waals surface area contributed by atoms with Gasteiger partial charge in [-0.3, -0.25) is 9.78 Å².